The largest absolute Gasteiger partial charge is 0.534 e. The van der Waals surface area contributed by atoms with E-state index in [1.807, 2.05) is 5.38 Å². The third kappa shape index (κ3) is 4.06. The molecular formula is C15H14F3NO4S2. The van der Waals surface area contributed by atoms with Gasteiger partial charge in [-0.1, -0.05) is 0 Å². The molecule has 0 unspecified atom stereocenters. The van der Waals surface area contributed by atoms with E-state index in [4.69, 9.17) is 0 Å². The Morgan fingerprint density at radius 2 is 2.04 bits per heavy atom. The normalized spacial score (nSPS) is 15.3. The summed E-state index contributed by atoms with van der Waals surface area (Å²) < 4.78 is 64.4. The van der Waals surface area contributed by atoms with Crippen LogP contribution < -0.4 is 9.50 Å². The van der Waals surface area contributed by atoms with Gasteiger partial charge in [0, 0.05) is 17.2 Å². The fourth-order valence-corrected chi connectivity index (χ4v) is 3.72. The van der Waals surface area contributed by atoms with E-state index in [2.05, 4.69) is 9.50 Å². The van der Waals surface area contributed by atoms with Gasteiger partial charge in [-0.05, 0) is 53.8 Å². The van der Waals surface area contributed by atoms with Crippen molar-refractivity contribution in [1.29, 1.82) is 0 Å². The van der Waals surface area contributed by atoms with Crippen molar-refractivity contribution in [3.63, 3.8) is 0 Å². The Morgan fingerprint density at radius 1 is 1.32 bits per heavy atom. The lowest BCUT2D eigenvalue weighted by molar-refractivity contribution is -0.122. The van der Waals surface area contributed by atoms with Crippen LogP contribution in [0.3, 0.4) is 0 Å². The van der Waals surface area contributed by atoms with Crippen LogP contribution in [-0.4, -0.2) is 26.4 Å². The molecule has 1 amide bonds. The molecule has 1 aromatic heterocycles. The van der Waals surface area contributed by atoms with Gasteiger partial charge in [0.15, 0.2) is 0 Å². The van der Waals surface area contributed by atoms with E-state index in [9.17, 15) is 26.4 Å². The zero-order chi connectivity index (χ0) is 18.2. The lowest BCUT2D eigenvalue weighted by Crippen LogP contribution is -2.28. The van der Waals surface area contributed by atoms with Crippen LogP contribution in [0.2, 0.25) is 0 Å². The number of halogens is 3. The van der Waals surface area contributed by atoms with Crippen LogP contribution in [0.1, 0.15) is 18.4 Å². The Labute approximate surface area is 145 Å². The van der Waals surface area contributed by atoms with Gasteiger partial charge < -0.3 is 9.50 Å². The van der Waals surface area contributed by atoms with E-state index in [0.29, 0.717) is 18.4 Å². The number of rotatable bonds is 6. The third-order valence-corrected chi connectivity index (χ3v) is 5.75. The Bertz CT molecular complexity index is 901. The summed E-state index contributed by atoms with van der Waals surface area (Å²) in [6.07, 6.45) is 2.30. The molecular weight excluding hydrogens is 379 g/mol. The second-order valence-corrected chi connectivity index (χ2v) is 8.17. The molecule has 25 heavy (non-hydrogen) atoms. The van der Waals surface area contributed by atoms with E-state index >= 15 is 0 Å². The number of fused-ring (bicyclic) bond motifs is 1. The Kier molecular flexibility index (Phi) is 4.67. The smallest absolute Gasteiger partial charge is 0.376 e. The van der Waals surface area contributed by atoms with Crippen LogP contribution in [0.25, 0.3) is 10.1 Å². The van der Waals surface area contributed by atoms with Crippen molar-refractivity contribution < 1.29 is 30.6 Å². The van der Waals surface area contributed by atoms with Crippen molar-refractivity contribution in [2.75, 3.05) is 6.54 Å². The Morgan fingerprint density at radius 3 is 2.68 bits per heavy atom. The van der Waals surface area contributed by atoms with Crippen LogP contribution in [0.15, 0.2) is 23.6 Å². The quantitative estimate of drug-likeness (QED) is 0.604. The van der Waals surface area contributed by atoms with Crippen molar-refractivity contribution in [3.05, 3.63) is 29.1 Å². The first kappa shape index (κ1) is 18.0. The maximum Gasteiger partial charge on any atom is 0.534 e. The van der Waals surface area contributed by atoms with Gasteiger partial charge in [-0.25, -0.2) is 0 Å². The number of benzene rings is 1. The van der Waals surface area contributed by atoms with Crippen LogP contribution in [0.5, 0.6) is 5.75 Å². The zero-order valence-corrected chi connectivity index (χ0v) is 14.4. The van der Waals surface area contributed by atoms with Crippen LogP contribution in [0.4, 0.5) is 13.2 Å². The monoisotopic (exact) mass is 393 g/mol. The molecule has 0 spiro atoms. The molecule has 0 saturated heterocycles. The number of alkyl halides is 3. The predicted octanol–water partition coefficient (Wildman–Crippen LogP) is 3.20. The molecule has 136 valence electrons. The van der Waals surface area contributed by atoms with Crippen LogP contribution in [-0.2, 0) is 21.3 Å². The molecule has 1 aliphatic rings. The van der Waals surface area contributed by atoms with Gasteiger partial charge in [0.1, 0.15) is 5.75 Å². The average molecular weight is 393 g/mol. The number of nitrogens with one attached hydrogen (secondary N) is 1. The molecule has 2 aromatic rings. The molecule has 5 nitrogen and oxygen atoms in total. The third-order valence-electron chi connectivity index (χ3n) is 3.76. The summed E-state index contributed by atoms with van der Waals surface area (Å²) in [5.41, 5.74) is -4.67. The van der Waals surface area contributed by atoms with E-state index in [1.165, 1.54) is 29.5 Å². The first-order valence-electron chi connectivity index (χ1n) is 7.46. The Hall–Kier alpha value is -1.81. The van der Waals surface area contributed by atoms with Gasteiger partial charge >= 0.3 is 15.6 Å². The van der Waals surface area contributed by atoms with Crippen molar-refractivity contribution in [1.82, 2.24) is 5.32 Å². The van der Waals surface area contributed by atoms with Gasteiger partial charge in [0.25, 0.3) is 0 Å². The van der Waals surface area contributed by atoms with Crippen LogP contribution >= 0.6 is 11.3 Å². The fraction of sp³-hybridized carbons (Fsp3) is 0.400. The summed E-state index contributed by atoms with van der Waals surface area (Å²) in [6.45, 7) is 0.410. The summed E-state index contributed by atoms with van der Waals surface area (Å²) in [5.74, 6) is -0.280. The van der Waals surface area contributed by atoms with Gasteiger partial charge in [0.05, 0.1) is 0 Å². The van der Waals surface area contributed by atoms with E-state index in [-0.39, 0.29) is 11.8 Å². The highest BCUT2D eigenvalue weighted by Crippen LogP contribution is 2.33. The van der Waals surface area contributed by atoms with Gasteiger partial charge in [-0.3, -0.25) is 4.79 Å². The van der Waals surface area contributed by atoms with Crippen molar-refractivity contribution in [2.45, 2.75) is 24.8 Å². The molecule has 3 rings (SSSR count). The lowest BCUT2D eigenvalue weighted by Gasteiger charge is -2.09. The number of carbonyl (C=O) groups excluding carboxylic acids is 1. The maximum absolute atomic E-state index is 12.4. The van der Waals surface area contributed by atoms with Gasteiger partial charge in [0.2, 0.25) is 5.91 Å². The Balaban J connectivity index is 1.74. The van der Waals surface area contributed by atoms with E-state index < -0.39 is 21.4 Å². The maximum atomic E-state index is 12.4. The highest BCUT2D eigenvalue weighted by atomic mass is 32.2. The topological polar surface area (TPSA) is 72.5 Å². The second kappa shape index (κ2) is 6.49. The molecule has 0 radical (unpaired) electrons. The SMILES string of the molecule is O=C(NCCc1csc2ccc(OS(=O)(=O)C(F)(F)F)cc12)C1CC1. The first-order valence-corrected chi connectivity index (χ1v) is 9.75. The lowest BCUT2D eigenvalue weighted by atomic mass is 10.1. The number of carbonyl (C=O) groups is 1. The summed E-state index contributed by atoms with van der Waals surface area (Å²) in [4.78, 5) is 11.6. The summed E-state index contributed by atoms with van der Waals surface area (Å²) >= 11 is 1.38. The van der Waals surface area contributed by atoms with Crippen molar-refractivity contribution in [3.8, 4) is 5.75 Å². The molecule has 1 aliphatic carbocycles. The molecule has 1 heterocycles. The molecule has 0 bridgehead atoms. The molecule has 1 saturated carbocycles. The van der Waals surface area contributed by atoms with Crippen LogP contribution in [0, 0.1) is 5.92 Å². The minimum atomic E-state index is -5.70. The molecule has 10 heteroatoms. The molecule has 1 fully saturated rings. The summed E-state index contributed by atoms with van der Waals surface area (Å²) in [5, 5.41) is 5.25. The molecule has 0 atom stereocenters. The van der Waals surface area contributed by atoms with Crippen molar-refractivity contribution in [2.24, 2.45) is 5.92 Å². The highest BCUT2D eigenvalue weighted by molar-refractivity contribution is 7.88. The number of amides is 1. The number of thiophene rings is 1. The minimum absolute atomic E-state index is 0.0137. The van der Waals surface area contributed by atoms with E-state index in [1.54, 1.807) is 0 Å². The second-order valence-electron chi connectivity index (χ2n) is 5.72. The summed E-state index contributed by atoms with van der Waals surface area (Å²) in [7, 11) is -5.70. The van der Waals surface area contributed by atoms with Gasteiger partial charge in [-0.2, -0.15) is 21.6 Å². The molecule has 0 aliphatic heterocycles. The molecule has 1 N–H and O–H groups in total. The average Bonchev–Trinajstić information content (AvgIpc) is 3.29. The van der Waals surface area contributed by atoms with E-state index in [0.717, 1.165) is 23.1 Å². The first-order chi connectivity index (χ1) is 11.7. The molecule has 1 aromatic carbocycles. The van der Waals surface area contributed by atoms with Gasteiger partial charge in [-0.15, -0.1) is 11.3 Å². The number of hydrogen-bond acceptors (Lipinski definition) is 5. The minimum Gasteiger partial charge on any atom is -0.376 e. The fourth-order valence-electron chi connectivity index (χ4n) is 2.29. The number of hydrogen-bond donors (Lipinski definition) is 1. The standard InChI is InChI=1S/C15H14F3NO4S2/c16-15(17,18)25(21,22)23-11-3-4-13-12(7-11)10(8-24-13)5-6-19-14(20)9-1-2-9/h3-4,7-9H,1-2,5-6H2,(H,19,20). The highest BCUT2D eigenvalue weighted by Gasteiger charge is 2.48. The zero-order valence-electron chi connectivity index (χ0n) is 12.8. The van der Waals surface area contributed by atoms with Crippen molar-refractivity contribution >= 4 is 37.4 Å². The predicted molar refractivity (Wildman–Crippen MR) is 86.9 cm³/mol. The summed E-state index contributed by atoms with van der Waals surface area (Å²) in [6, 6.07) is 3.96.